The van der Waals surface area contributed by atoms with Crippen molar-refractivity contribution < 1.29 is 17.7 Å². The standard InChI is InChI=1S/C21H38N2O5Si2/c1-14(2)29(15(3)4)25-13-19-18(27-30(28-29,16(5)6)17(7)8)12-20(26-19)23-11-9-10-22-21(23)24/h9-11,14-20H,12-13H2,1-8H3/t18-,19+,20+/m0/s1. The second kappa shape index (κ2) is 8.95. The van der Waals surface area contributed by atoms with Crippen LogP contribution in [0.4, 0.5) is 0 Å². The van der Waals surface area contributed by atoms with Gasteiger partial charge in [-0.1, -0.05) is 55.4 Å². The summed E-state index contributed by atoms with van der Waals surface area (Å²) in [6.45, 7) is 18.1. The summed E-state index contributed by atoms with van der Waals surface area (Å²) in [6, 6.07) is 1.75. The third-order valence-corrected chi connectivity index (χ3v) is 16.9. The van der Waals surface area contributed by atoms with Gasteiger partial charge in [-0.15, -0.1) is 0 Å². The van der Waals surface area contributed by atoms with Crippen LogP contribution in [0.2, 0.25) is 22.2 Å². The summed E-state index contributed by atoms with van der Waals surface area (Å²) >= 11 is 0. The van der Waals surface area contributed by atoms with Crippen LogP contribution < -0.4 is 5.69 Å². The van der Waals surface area contributed by atoms with Crippen molar-refractivity contribution in [2.24, 2.45) is 0 Å². The van der Waals surface area contributed by atoms with Crippen molar-refractivity contribution in [1.29, 1.82) is 0 Å². The van der Waals surface area contributed by atoms with Crippen LogP contribution in [-0.2, 0) is 17.7 Å². The Hall–Kier alpha value is -0.846. The van der Waals surface area contributed by atoms with E-state index >= 15 is 0 Å². The second-order valence-electron chi connectivity index (χ2n) is 9.81. The van der Waals surface area contributed by atoms with Gasteiger partial charge in [-0.2, -0.15) is 0 Å². The number of rotatable bonds is 5. The first-order valence-electron chi connectivity index (χ1n) is 11.2. The first kappa shape index (κ1) is 23.8. The predicted molar refractivity (Wildman–Crippen MR) is 121 cm³/mol. The molecule has 7 nitrogen and oxygen atoms in total. The van der Waals surface area contributed by atoms with E-state index in [2.05, 4.69) is 60.4 Å². The second-order valence-corrected chi connectivity index (χ2v) is 18.7. The molecule has 0 aliphatic carbocycles. The van der Waals surface area contributed by atoms with Crippen LogP contribution in [0.25, 0.3) is 0 Å². The van der Waals surface area contributed by atoms with Crippen molar-refractivity contribution in [3.63, 3.8) is 0 Å². The molecule has 0 amide bonds. The van der Waals surface area contributed by atoms with Crippen molar-refractivity contribution in [2.45, 2.75) is 102 Å². The quantitative estimate of drug-likeness (QED) is 0.611. The molecule has 2 aliphatic heterocycles. The molecule has 1 aromatic heterocycles. The predicted octanol–water partition coefficient (Wildman–Crippen LogP) is 4.49. The largest absolute Gasteiger partial charge is 0.414 e. The van der Waals surface area contributed by atoms with Gasteiger partial charge >= 0.3 is 22.8 Å². The minimum absolute atomic E-state index is 0.162. The molecule has 3 rings (SSSR count). The summed E-state index contributed by atoms with van der Waals surface area (Å²) in [6.07, 6.45) is 3.04. The highest BCUT2D eigenvalue weighted by Crippen LogP contribution is 2.48. The molecule has 0 spiro atoms. The van der Waals surface area contributed by atoms with Gasteiger partial charge in [-0.05, 0) is 28.2 Å². The lowest BCUT2D eigenvalue weighted by atomic mass is 10.2. The molecule has 2 saturated heterocycles. The van der Waals surface area contributed by atoms with Gasteiger partial charge in [0.05, 0.1) is 12.7 Å². The van der Waals surface area contributed by atoms with Gasteiger partial charge in [-0.25, -0.2) is 9.78 Å². The van der Waals surface area contributed by atoms with Gasteiger partial charge in [0, 0.05) is 18.8 Å². The fourth-order valence-corrected chi connectivity index (χ4v) is 16.1. The Labute approximate surface area is 182 Å². The van der Waals surface area contributed by atoms with Crippen molar-refractivity contribution in [3.05, 3.63) is 28.9 Å². The summed E-state index contributed by atoms with van der Waals surface area (Å²) in [5.74, 6) is 0. The average Bonchev–Trinajstić information content (AvgIpc) is 3.03. The Kier molecular flexibility index (Phi) is 7.10. The highest BCUT2D eigenvalue weighted by molar-refractivity contribution is 6.83. The molecule has 2 fully saturated rings. The third kappa shape index (κ3) is 4.12. The van der Waals surface area contributed by atoms with E-state index in [4.69, 9.17) is 17.7 Å². The van der Waals surface area contributed by atoms with Crippen molar-refractivity contribution in [2.75, 3.05) is 6.61 Å². The molecule has 0 N–H and O–H groups in total. The van der Waals surface area contributed by atoms with Crippen molar-refractivity contribution in [1.82, 2.24) is 9.55 Å². The number of fused-ring (bicyclic) bond motifs is 1. The maximum absolute atomic E-state index is 12.3. The summed E-state index contributed by atoms with van der Waals surface area (Å²) in [5.41, 5.74) is 0.812. The monoisotopic (exact) mass is 454 g/mol. The molecule has 0 saturated carbocycles. The van der Waals surface area contributed by atoms with Crippen molar-refractivity contribution in [3.8, 4) is 0 Å². The van der Waals surface area contributed by atoms with E-state index in [1.54, 1.807) is 16.8 Å². The number of ether oxygens (including phenoxy) is 1. The lowest BCUT2D eigenvalue weighted by Gasteiger charge is -2.51. The van der Waals surface area contributed by atoms with E-state index in [0.29, 0.717) is 24.1 Å². The SMILES string of the molecule is CC(C)[Si]1(C(C)C)OC[C@H]2O[C@@H](n3cccnc3=O)C[C@@H]2O[Si](C(C)C)(C(C)C)O1. The number of hydrogen-bond donors (Lipinski definition) is 0. The molecule has 0 bridgehead atoms. The van der Waals surface area contributed by atoms with Gasteiger partial charge in [0.2, 0.25) is 0 Å². The van der Waals surface area contributed by atoms with Gasteiger partial charge in [0.25, 0.3) is 0 Å². The Morgan fingerprint density at radius 2 is 1.57 bits per heavy atom. The molecule has 2 aliphatic rings. The van der Waals surface area contributed by atoms with Crippen molar-refractivity contribution >= 4 is 17.1 Å². The van der Waals surface area contributed by atoms with E-state index in [0.717, 1.165) is 0 Å². The van der Waals surface area contributed by atoms with E-state index < -0.39 is 23.3 Å². The Morgan fingerprint density at radius 3 is 2.10 bits per heavy atom. The lowest BCUT2D eigenvalue weighted by molar-refractivity contribution is -0.0565. The first-order valence-corrected chi connectivity index (χ1v) is 15.2. The number of aromatic nitrogens is 2. The van der Waals surface area contributed by atoms with E-state index in [1.165, 1.54) is 6.20 Å². The molecule has 30 heavy (non-hydrogen) atoms. The third-order valence-electron chi connectivity index (χ3n) is 6.58. The van der Waals surface area contributed by atoms with Gasteiger partial charge in [-0.3, -0.25) is 4.57 Å². The van der Waals surface area contributed by atoms with Crippen LogP contribution >= 0.6 is 0 Å². The minimum atomic E-state index is -2.66. The van der Waals surface area contributed by atoms with Crippen LogP contribution in [-0.4, -0.2) is 45.5 Å². The molecular weight excluding hydrogens is 416 g/mol. The molecule has 3 atom stereocenters. The Balaban J connectivity index is 2.02. The maximum atomic E-state index is 12.3. The van der Waals surface area contributed by atoms with Crippen LogP contribution in [0, 0.1) is 0 Å². The molecule has 0 unspecified atom stereocenters. The van der Waals surface area contributed by atoms with E-state index in [-0.39, 0.29) is 29.0 Å². The summed E-state index contributed by atoms with van der Waals surface area (Å²) in [7, 11) is -5.23. The zero-order valence-corrected chi connectivity index (χ0v) is 21.6. The van der Waals surface area contributed by atoms with Crippen LogP contribution in [0.15, 0.2) is 23.3 Å². The minimum Gasteiger partial charge on any atom is -0.414 e. The van der Waals surface area contributed by atoms with Gasteiger partial charge in [0.1, 0.15) is 12.3 Å². The summed E-state index contributed by atoms with van der Waals surface area (Å²) in [5, 5.41) is 0. The highest BCUT2D eigenvalue weighted by atomic mass is 28.5. The smallest absolute Gasteiger partial charge is 0.349 e. The number of nitrogens with zero attached hydrogens (tertiary/aromatic N) is 2. The summed E-state index contributed by atoms with van der Waals surface area (Å²) in [4.78, 5) is 16.1. The van der Waals surface area contributed by atoms with E-state index in [9.17, 15) is 4.79 Å². The van der Waals surface area contributed by atoms with Gasteiger partial charge in [0.15, 0.2) is 0 Å². The molecule has 0 aromatic carbocycles. The Bertz CT molecular complexity index is 767. The van der Waals surface area contributed by atoms with Crippen LogP contribution in [0.1, 0.15) is 68.0 Å². The molecular formula is C21H38N2O5Si2. The fraction of sp³-hybridized carbons (Fsp3) is 0.810. The molecule has 9 heteroatoms. The molecule has 170 valence electrons. The highest BCUT2D eigenvalue weighted by Gasteiger charge is 2.60. The first-order chi connectivity index (χ1) is 14.0. The molecule has 3 heterocycles. The molecule has 0 radical (unpaired) electrons. The zero-order valence-electron chi connectivity index (χ0n) is 19.6. The summed E-state index contributed by atoms with van der Waals surface area (Å²) < 4.78 is 28.8. The molecule has 1 aromatic rings. The normalized spacial score (nSPS) is 28.7. The Morgan fingerprint density at radius 1 is 0.967 bits per heavy atom. The van der Waals surface area contributed by atoms with Crippen LogP contribution in [0.5, 0.6) is 0 Å². The topological polar surface area (TPSA) is 71.8 Å². The number of hydrogen-bond acceptors (Lipinski definition) is 6. The maximum Gasteiger partial charge on any atom is 0.349 e. The average molecular weight is 455 g/mol. The zero-order chi connectivity index (χ0) is 22.3. The van der Waals surface area contributed by atoms with Crippen LogP contribution in [0.3, 0.4) is 0 Å². The van der Waals surface area contributed by atoms with Gasteiger partial charge < -0.3 is 17.7 Å². The fourth-order valence-electron chi connectivity index (χ4n) is 4.89. The lowest BCUT2D eigenvalue weighted by Crippen LogP contribution is -2.65. The van der Waals surface area contributed by atoms with E-state index in [1.807, 2.05) is 0 Å².